The standard InChI is InChI=1S/C6H14O2S.C4H8O.C2H6OS/c1-2-6(8)5-9-4-3-7;1-2-4-3-5-4;3-1-2-4/h6-8H,2-5H2,1H3;4H,2-3H2,1H3;3-4H,1-2H2. The molecule has 0 radical (unpaired) electrons. The van der Waals surface area contributed by atoms with Crippen LogP contribution in [0.2, 0.25) is 0 Å². The molecule has 18 heavy (non-hydrogen) atoms. The molecule has 0 aromatic heterocycles. The van der Waals surface area contributed by atoms with E-state index in [0.29, 0.717) is 11.9 Å². The predicted molar refractivity (Wildman–Crippen MR) is 81.7 cm³/mol. The van der Waals surface area contributed by atoms with E-state index in [4.69, 9.17) is 20.1 Å². The van der Waals surface area contributed by atoms with Crippen molar-refractivity contribution in [3.8, 4) is 0 Å². The van der Waals surface area contributed by atoms with Gasteiger partial charge in [-0.05, 0) is 12.8 Å². The Morgan fingerprint density at radius 3 is 2.11 bits per heavy atom. The Kier molecular flexibility index (Phi) is 20.3. The maximum absolute atomic E-state index is 8.98. The van der Waals surface area contributed by atoms with Gasteiger partial charge in [-0.3, -0.25) is 0 Å². The molecule has 1 aliphatic rings. The van der Waals surface area contributed by atoms with Crippen LogP contribution in [-0.4, -0.2) is 64.6 Å². The Morgan fingerprint density at radius 2 is 1.89 bits per heavy atom. The highest BCUT2D eigenvalue weighted by Crippen LogP contribution is 2.10. The van der Waals surface area contributed by atoms with Crippen molar-refractivity contribution in [1.82, 2.24) is 0 Å². The zero-order chi connectivity index (χ0) is 14.2. The number of aliphatic hydroxyl groups is 3. The third kappa shape index (κ3) is 21.8. The van der Waals surface area contributed by atoms with E-state index >= 15 is 0 Å². The molecule has 1 fully saturated rings. The summed E-state index contributed by atoms with van der Waals surface area (Å²) in [5.41, 5.74) is 0. The van der Waals surface area contributed by atoms with Crippen LogP contribution in [0, 0.1) is 0 Å². The molecule has 0 aromatic rings. The summed E-state index contributed by atoms with van der Waals surface area (Å²) in [6.45, 7) is 5.49. The molecule has 2 atom stereocenters. The Balaban J connectivity index is 0. The SMILES string of the molecule is CCC(O)CSCCO.CCC1CO1.OCCS. The van der Waals surface area contributed by atoms with Crippen LogP contribution >= 0.6 is 24.4 Å². The van der Waals surface area contributed by atoms with Crippen molar-refractivity contribution in [3.63, 3.8) is 0 Å². The molecular formula is C12H28O4S2. The highest BCUT2D eigenvalue weighted by molar-refractivity contribution is 7.99. The minimum absolute atomic E-state index is 0.184. The van der Waals surface area contributed by atoms with E-state index in [1.54, 1.807) is 11.8 Å². The fourth-order valence-corrected chi connectivity index (χ4v) is 1.51. The van der Waals surface area contributed by atoms with Crippen LogP contribution < -0.4 is 0 Å². The lowest BCUT2D eigenvalue weighted by Gasteiger charge is -2.04. The quantitative estimate of drug-likeness (QED) is 0.323. The van der Waals surface area contributed by atoms with Crippen LogP contribution in [0.3, 0.4) is 0 Å². The van der Waals surface area contributed by atoms with Gasteiger partial charge in [0.25, 0.3) is 0 Å². The first-order valence-corrected chi connectivity index (χ1v) is 8.14. The minimum Gasteiger partial charge on any atom is -0.396 e. The summed E-state index contributed by atoms with van der Waals surface area (Å²) in [5, 5.41) is 25.1. The van der Waals surface area contributed by atoms with Gasteiger partial charge in [0.15, 0.2) is 0 Å². The highest BCUT2D eigenvalue weighted by atomic mass is 32.2. The molecule has 4 nitrogen and oxygen atoms in total. The zero-order valence-corrected chi connectivity index (χ0v) is 13.1. The lowest BCUT2D eigenvalue weighted by molar-refractivity contribution is 0.195. The first-order chi connectivity index (χ1) is 8.65. The smallest absolute Gasteiger partial charge is 0.0807 e. The average Bonchev–Trinajstić information content (AvgIpc) is 3.23. The molecule has 1 rings (SSSR count). The zero-order valence-electron chi connectivity index (χ0n) is 11.4. The normalized spacial score (nSPS) is 18.0. The van der Waals surface area contributed by atoms with E-state index < -0.39 is 0 Å². The monoisotopic (exact) mass is 300 g/mol. The molecule has 1 saturated heterocycles. The van der Waals surface area contributed by atoms with Crippen molar-refractivity contribution in [2.24, 2.45) is 0 Å². The van der Waals surface area contributed by atoms with Gasteiger partial charge in [0, 0.05) is 17.3 Å². The Bertz CT molecular complexity index is 144. The molecule has 2 unspecified atom stereocenters. The van der Waals surface area contributed by atoms with Gasteiger partial charge in [-0.1, -0.05) is 13.8 Å². The Morgan fingerprint density at radius 1 is 1.33 bits per heavy atom. The topological polar surface area (TPSA) is 73.2 Å². The second kappa shape index (κ2) is 17.5. The Hall–Kier alpha value is 0.540. The maximum atomic E-state index is 8.98. The number of ether oxygens (including phenoxy) is 1. The van der Waals surface area contributed by atoms with E-state index in [0.717, 1.165) is 24.5 Å². The van der Waals surface area contributed by atoms with Crippen molar-refractivity contribution in [2.45, 2.75) is 38.9 Å². The largest absolute Gasteiger partial charge is 0.396 e. The summed E-state index contributed by atoms with van der Waals surface area (Å²) < 4.78 is 4.86. The minimum atomic E-state index is -0.193. The van der Waals surface area contributed by atoms with Gasteiger partial charge in [0.05, 0.1) is 32.0 Å². The maximum Gasteiger partial charge on any atom is 0.0807 e. The van der Waals surface area contributed by atoms with Gasteiger partial charge in [0.1, 0.15) is 0 Å². The summed E-state index contributed by atoms with van der Waals surface area (Å²) in [5.74, 6) is 2.05. The highest BCUT2D eigenvalue weighted by Gasteiger charge is 2.18. The summed E-state index contributed by atoms with van der Waals surface area (Å²) in [6.07, 6.45) is 2.44. The van der Waals surface area contributed by atoms with Crippen LogP contribution in [0.25, 0.3) is 0 Å². The summed E-state index contributed by atoms with van der Waals surface area (Å²) in [7, 11) is 0. The number of epoxide rings is 1. The average molecular weight is 300 g/mol. The van der Waals surface area contributed by atoms with Gasteiger partial charge in [-0.2, -0.15) is 24.4 Å². The summed E-state index contributed by atoms with van der Waals surface area (Å²) >= 11 is 5.26. The second-order valence-corrected chi connectivity index (χ2v) is 5.27. The molecule has 6 heteroatoms. The predicted octanol–water partition coefficient (Wildman–Crippen LogP) is 1.19. The van der Waals surface area contributed by atoms with Crippen molar-refractivity contribution >= 4 is 24.4 Å². The van der Waals surface area contributed by atoms with Crippen LogP contribution in [0.4, 0.5) is 0 Å². The molecule has 0 saturated carbocycles. The lowest BCUT2D eigenvalue weighted by Crippen LogP contribution is -2.08. The molecule has 112 valence electrons. The van der Waals surface area contributed by atoms with Crippen molar-refractivity contribution in [2.75, 3.05) is 37.1 Å². The number of hydrogen-bond acceptors (Lipinski definition) is 6. The van der Waals surface area contributed by atoms with Crippen LogP contribution in [0.1, 0.15) is 26.7 Å². The molecule has 1 aliphatic heterocycles. The second-order valence-electron chi connectivity index (χ2n) is 3.67. The van der Waals surface area contributed by atoms with Crippen LogP contribution in [-0.2, 0) is 4.74 Å². The van der Waals surface area contributed by atoms with Crippen LogP contribution in [0.5, 0.6) is 0 Å². The molecule has 0 spiro atoms. The molecule has 0 bridgehead atoms. The van der Waals surface area contributed by atoms with Gasteiger partial charge in [-0.15, -0.1) is 0 Å². The van der Waals surface area contributed by atoms with Gasteiger partial charge >= 0.3 is 0 Å². The van der Waals surface area contributed by atoms with Crippen molar-refractivity contribution in [3.05, 3.63) is 0 Å². The lowest BCUT2D eigenvalue weighted by atomic mass is 10.3. The van der Waals surface area contributed by atoms with Gasteiger partial charge in [0.2, 0.25) is 0 Å². The molecule has 0 aromatic carbocycles. The number of aliphatic hydroxyl groups excluding tert-OH is 3. The first kappa shape index (κ1) is 20.8. The van der Waals surface area contributed by atoms with E-state index in [1.807, 2.05) is 6.92 Å². The molecule has 0 aliphatic carbocycles. The first-order valence-electron chi connectivity index (χ1n) is 6.36. The van der Waals surface area contributed by atoms with E-state index in [1.165, 1.54) is 6.42 Å². The van der Waals surface area contributed by atoms with Crippen LogP contribution in [0.15, 0.2) is 0 Å². The molecular weight excluding hydrogens is 272 g/mol. The van der Waals surface area contributed by atoms with Gasteiger partial charge < -0.3 is 20.1 Å². The fraction of sp³-hybridized carbons (Fsp3) is 1.00. The molecule has 3 N–H and O–H groups in total. The van der Waals surface area contributed by atoms with Crippen molar-refractivity contribution in [1.29, 1.82) is 0 Å². The third-order valence-electron chi connectivity index (χ3n) is 1.97. The number of hydrogen-bond donors (Lipinski definition) is 4. The molecule has 1 heterocycles. The van der Waals surface area contributed by atoms with E-state index in [9.17, 15) is 0 Å². The number of rotatable bonds is 7. The Labute approximate surface area is 121 Å². The summed E-state index contributed by atoms with van der Waals surface area (Å²) in [6, 6.07) is 0. The number of thiol groups is 1. The van der Waals surface area contributed by atoms with Crippen molar-refractivity contribution < 1.29 is 20.1 Å². The van der Waals surface area contributed by atoms with Gasteiger partial charge in [-0.25, -0.2) is 0 Å². The van der Waals surface area contributed by atoms with E-state index in [2.05, 4.69) is 19.6 Å². The number of thioether (sulfide) groups is 1. The fourth-order valence-electron chi connectivity index (χ4n) is 0.706. The third-order valence-corrected chi connectivity index (χ3v) is 3.27. The summed E-state index contributed by atoms with van der Waals surface area (Å²) in [4.78, 5) is 0. The molecule has 0 amide bonds. The van der Waals surface area contributed by atoms with E-state index in [-0.39, 0.29) is 19.3 Å².